The van der Waals surface area contributed by atoms with Gasteiger partial charge in [0.15, 0.2) is 37.9 Å². The molecule has 1 aliphatic heterocycles. The Labute approximate surface area is 272 Å². The molecule has 0 aliphatic carbocycles. The molecule has 4 nitrogen and oxygen atoms in total. The minimum Gasteiger partial charge on any atom is -0.286 e. The van der Waals surface area contributed by atoms with Gasteiger partial charge in [0.2, 0.25) is 0 Å². The van der Waals surface area contributed by atoms with E-state index in [0.29, 0.717) is 0 Å². The molecule has 6 aromatic rings. The van der Waals surface area contributed by atoms with Crippen LogP contribution in [0.5, 0.6) is 0 Å². The Bertz CT molecular complexity index is 1910. The van der Waals surface area contributed by atoms with Crippen molar-refractivity contribution in [3.8, 4) is 11.1 Å². The summed E-state index contributed by atoms with van der Waals surface area (Å²) in [7, 11) is 0. The average molecular weight is 600 g/mol. The summed E-state index contributed by atoms with van der Waals surface area (Å²) in [6.45, 7) is 4.56. The zero-order valence-electron chi connectivity index (χ0n) is 26.1. The van der Waals surface area contributed by atoms with Gasteiger partial charge in [-0.1, -0.05) is 84.9 Å². The van der Waals surface area contributed by atoms with Gasteiger partial charge in [-0.05, 0) is 46.5 Å². The second kappa shape index (κ2) is 13.7. The third kappa shape index (κ3) is 7.26. The number of hydrogen-bond donors (Lipinski definition) is 0. The zero-order chi connectivity index (χ0) is 31.0. The molecule has 0 amide bonds. The molecule has 1 aliphatic rings. The van der Waals surface area contributed by atoms with Gasteiger partial charge in [0.05, 0.1) is 6.20 Å². The number of benzene rings is 3. The number of allylic oxidation sites excluding steroid dienone is 2. The van der Waals surface area contributed by atoms with Crippen molar-refractivity contribution in [1.82, 2.24) is 4.98 Å². The second-order valence-corrected chi connectivity index (χ2v) is 12.2. The van der Waals surface area contributed by atoms with Crippen molar-refractivity contribution in [1.29, 1.82) is 0 Å². The zero-order valence-corrected chi connectivity index (χ0v) is 26.1. The maximum atomic E-state index is 4.19. The summed E-state index contributed by atoms with van der Waals surface area (Å²) in [4.78, 5) is 4.19. The Kier molecular flexibility index (Phi) is 8.70. The van der Waals surface area contributed by atoms with E-state index in [0.717, 1.165) is 37.2 Å². The Balaban J connectivity index is 1.01. The van der Waals surface area contributed by atoms with Crippen LogP contribution >= 0.6 is 0 Å². The molecule has 1 atom stereocenters. The first-order valence-corrected chi connectivity index (χ1v) is 16.0. The summed E-state index contributed by atoms with van der Waals surface area (Å²) >= 11 is 0. The van der Waals surface area contributed by atoms with Crippen LogP contribution in [0.1, 0.15) is 27.8 Å². The van der Waals surface area contributed by atoms with Gasteiger partial charge < -0.3 is 0 Å². The van der Waals surface area contributed by atoms with Crippen molar-refractivity contribution in [2.24, 2.45) is 0 Å². The Morgan fingerprint density at radius 3 is 1.50 bits per heavy atom. The molecule has 224 valence electrons. The monoisotopic (exact) mass is 599 g/mol. The smallest absolute Gasteiger partial charge is 0.173 e. The maximum Gasteiger partial charge on any atom is 0.173 e. The highest BCUT2D eigenvalue weighted by atomic mass is 15.3. The summed E-state index contributed by atoms with van der Waals surface area (Å²) < 4.78 is 5.33. The Morgan fingerprint density at radius 2 is 0.978 bits per heavy atom. The number of nitrogens with zero attached hydrogens (tertiary/aromatic N) is 4. The predicted molar refractivity (Wildman–Crippen MR) is 184 cm³/mol. The summed E-state index contributed by atoms with van der Waals surface area (Å²) in [6.07, 6.45) is 19.5. The Morgan fingerprint density at radius 1 is 0.500 bits per heavy atom. The quantitative estimate of drug-likeness (QED) is 0.118. The van der Waals surface area contributed by atoms with Gasteiger partial charge in [0.1, 0.15) is 19.6 Å². The highest BCUT2D eigenvalue weighted by Crippen LogP contribution is 2.28. The van der Waals surface area contributed by atoms with Gasteiger partial charge in [-0.25, -0.2) is 9.13 Å². The van der Waals surface area contributed by atoms with Crippen molar-refractivity contribution in [2.75, 3.05) is 6.54 Å². The van der Waals surface area contributed by atoms with Gasteiger partial charge in [-0.15, -0.1) is 0 Å². The fourth-order valence-corrected chi connectivity index (χ4v) is 6.27. The summed E-state index contributed by atoms with van der Waals surface area (Å²) in [6, 6.07) is 43.6. The van der Waals surface area contributed by atoms with Crippen molar-refractivity contribution in [3.63, 3.8) is 0 Å². The number of pyridine rings is 3. The van der Waals surface area contributed by atoms with Gasteiger partial charge >= 0.3 is 0 Å². The maximum absolute atomic E-state index is 4.19. The third-order valence-electron chi connectivity index (χ3n) is 8.81. The molecule has 0 fully saturated rings. The molecule has 0 spiro atoms. The highest BCUT2D eigenvalue weighted by molar-refractivity contribution is 5.74. The molecule has 0 N–H and O–H groups in total. The van der Waals surface area contributed by atoms with Crippen molar-refractivity contribution < 1.29 is 13.6 Å². The Hall–Kier alpha value is -5.45. The molecule has 3 aromatic carbocycles. The fourth-order valence-electron chi connectivity index (χ4n) is 6.27. The average Bonchev–Trinajstić information content (AvgIpc) is 3.11. The lowest BCUT2D eigenvalue weighted by Crippen LogP contribution is -2.42. The largest absolute Gasteiger partial charge is 0.286 e. The molecule has 3 aromatic heterocycles. The fraction of sp³-hybridized carbons (Fsp3) is 0.119. The van der Waals surface area contributed by atoms with Crippen LogP contribution in [0.2, 0.25) is 0 Å². The van der Waals surface area contributed by atoms with Crippen LogP contribution in [-0.2, 0) is 26.2 Å². The SMILES string of the molecule is C1=C[N+](Cc2ccccc2)(Cc2ccc(C[n+]3ccc(-c4cc[n+](Cc5ccccc5)cc4)cc3)cc2)CC=C1c1ccncc1. The van der Waals surface area contributed by atoms with E-state index in [1.165, 1.54) is 44.5 Å². The van der Waals surface area contributed by atoms with Crippen molar-refractivity contribution in [2.45, 2.75) is 26.2 Å². The van der Waals surface area contributed by atoms with Gasteiger partial charge in [0.25, 0.3) is 0 Å². The van der Waals surface area contributed by atoms with E-state index in [-0.39, 0.29) is 0 Å². The third-order valence-corrected chi connectivity index (χ3v) is 8.81. The summed E-state index contributed by atoms with van der Waals surface area (Å²) in [5, 5.41) is 0. The molecule has 0 saturated carbocycles. The molecule has 4 heterocycles. The minimum atomic E-state index is 0.842. The number of aromatic nitrogens is 3. The molecule has 46 heavy (non-hydrogen) atoms. The molecule has 0 bridgehead atoms. The van der Waals surface area contributed by atoms with Crippen LogP contribution in [0.25, 0.3) is 16.7 Å². The topological polar surface area (TPSA) is 20.6 Å². The second-order valence-electron chi connectivity index (χ2n) is 12.2. The van der Waals surface area contributed by atoms with Crippen LogP contribution in [0, 0.1) is 0 Å². The molecular formula is C42H39N4+3. The molecule has 4 heteroatoms. The van der Waals surface area contributed by atoms with E-state index in [1.807, 2.05) is 12.4 Å². The lowest BCUT2D eigenvalue weighted by molar-refractivity contribution is -0.901. The van der Waals surface area contributed by atoms with Gasteiger partial charge in [-0.3, -0.25) is 9.47 Å². The number of hydrogen-bond acceptors (Lipinski definition) is 1. The normalized spacial score (nSPS) is 15.8. The lowest BCUT2D eigenvalue weighted by Gasteiger charge is -2.36. The number of quaternary nitrogens is 1. The number of rotatable bonds is 10. The van der Waals surface area contributed by atoms with Crippen molar-refractivity contribution in [3.05, 3.63) is 205 Å². The van der Waals surface area contributed by atoms with E-state index in [9.17, 15) is 0 Å². The summed E-state index contributed by atoms with van der Waals surface area (Å²) in [5.74, 6) is 0. The minimum absolute atomic E-state index is 0.842. The van der Waals surface area contributed by atoms with Gasteiger partial charge in [-0.2, -0.15) is 0 Å². The molecular weight excluding hydrogens is 560 g/mol. The van der Waals surface area contributed by atoms with Gasteiger partial charge in [0, 0.05) is 58.9 Å². The van der Waals surface area contributed by atoms with E-state index in [2.05, 4.69) is 179 Å². The van der Waals surface area contributed by atoms with E-state index in [1.54, 1.807) is 0 Å². The summed E-state index contributed by atoms with van der Waals surface area (Å²) in [5.41, 5.74) is 10.2. The van der Waals surface area contributed by atoms with Crippen molar-refractivity contribution >= 4 is 5.57 Å². The van der Waals surface area contributed by atoms with Crippen LogP contribution < -0.4 is 9.13 Å². The van der Waals surface area contributed by atoms with Crippen LogP contribution in [0.4, 0.5) is 0 Å². The first-order valence-electron chi connectivity index (χ1n) is 16.0. The van der Waals surface area contributed by atoms with Crippen LogP contribution in [0.3, 0.4) is 0 Å². The molecule has 0 radical (unpaired) electrons. The molecule has 1 unspecified atom stereocenters. The first kappa shape index (κ1) is 29.3. The van der Waals surface area contributed by atoms with E-state index < -0.39 is 0 Å². The highest BCUT2D eigenvalue weighted by Gasteiger charge is 2.28. The van der Waals surface area contributed by atoms with Crippen LogP contribution in [-0.4, -0.2) is 16.0 Å². The molecule has 7 rings (SSSR count). The van der Waals surface area contributed by atoms with E-state index in [4.69, 9.17) is 0 Å². The molecule has 0 saturated heterocycles. The first-order chi connectivity index (χ1) is 22.7. The lowest BCUT2D eigenvalue weighted by atomic mass is 10.0. The predicted octanol–water partition coefficient (Wildman–Crippen LogP) is 7.55. The van der Waals surface area contributed by atoms with Crippen LogP contribution in [0.15, 0.2) is 177 Å². The van der Waals surface area contributed by atoms with E-state index >= 15 is 0 Å². The standard InChI is InChI=1S/C42H39N4/c1-3-7-35(8-4-1)31-44-25-17-40(18-26-44)41-19-27-45(28-20-41)32-36-11-13-38(14-12-36)34-46(33-37-9-5-2-6-10-37)29-21-42(22-30-46)39-15-23-43-24-16-39/h1-29H,30-34H2/q+3.